The molecule has 1 aliphatic carbocycles. The Balaban J connectivity index is 2.00. The predicted molar refractivity (Wildman–Crippen MR) is 76.6 cm³/mol. The van der Waals surface area contributed by atoms with E-state index >= 15 is 0 Å². The first-order chi connectivity index (χ1) is 7.84. The molecule has 2 aromatic rings. The molecular formula is C15H13I. The summed E-state index contributed by atoms with van der Waals surface area (Å²) in [6, 6.07) is 17.5. The summed E-state index contributed by atoms with van der Waals surface area (Å²) >= 11 is 2.47. The maximum absolute atomic E-state index is 2.47. The molecule has 3 rings (SSSR count). The van der Waals surface area contributed by atoms with Crippen molar-refractivity contribution in [2.45, 2.75) is 18.8 Å². The molecule has 1 heteroatoms. The average molecular weight is 320 g/mol. The van der Waals surface area contributed by atoms with Crippen LogP contribution in [0.3, 0.4) is 0 Å². The second-order valence-corrected chi connectivity index (χ2v) is 5.54. The molecule has 2 aromatic carbocycles. The van der Waals surface area contributed by atoms with Crippen LogP contribution in [-0.2, 0) is 0 Å². The fourth-order valence-corrected chi connectivity index (χ4v) is 3.02. The van der Waals surface area contributed by atoms with Crippen LogP contribution in [0.1, 0.15) is 24.3 Å². The first-order valence-electron chi connectivity index (χ1n) is 5.69. The van der Waals surface area contributed by atoms with Crippen LogP contribution in [0.15, 0.2) is 48.5 Å². The number of hydrogen-bond donors (Lipinski definition) is 0. The van der Waals surface area contributed by atoms with E-state index in [0.717, 1.165) is 5.92 Å². The van der Waals surface area contributed by atoms with Crippen molar-refractivity contribution in [2.75, 3.05) is 0 Å². The molecule has 1 aliphatic rings. The Morgan fingerprint density at radius 3 is 2.25 bits per heavy atom. The molecule has 1 fully saturated rings. The van der Waals surface area contributed by atoms with Crippen molar-refractivity contribution < 1.29 is 0 Å². The Morgan fingerprint density at radius 2 is 1.62 bits per heavy atom. The first-order valence-corrected chi connectivity index (χ1v) is 6.77. The van der Waals surface area contributed by atoms with E-state index in [1.165, 1.54) is 27.5 Å². The van der Waals surface area contributed by atoms with Crippen molar-refractivity contribution in [1.82, 2.24) is 0 Å². The highest BCUT2D eigenvalue weighted by Crippen LogP contribution is 2.42. The lowest BCUT2D eigenvalue weighted by atomic mass is 10.0. The van der Waals surface area contributed by atoms with Gasteiger partial charge in [0, 0.05) is 3.57 Å². The van der Waals surface area contributed by atoms with Crippen LogP contribution in [0.5, 0.6) is 0 Å². The average Bonchev–Trinajstić information content (AvgIpc) is 3.14. The number of halogens is 1. The Kier molecular flexibility index (Phi) is 2.72. The summed E-state index contributed by atoms with van der Waals surface area (Å²) in [5.74, 6) is 0.844. The standard InChI is InChI=1S/C15H13I/c16-15-10-13(11-4-2-1-3-5-11)8-9-14(15)12-6-7-12/h1-5,8-10,12H,6-7H2. The van der Waals surface area contributed by atoms with Gasteiger partial charge >= 0.3 is 0 Å². The van der Waals surface area contributed by atoms with Crippen molar-refractivity contribution in [3.05, 3.63) is 57.7 Å². The van der Waals surface area contributed by atoms with Crippen LogP contribution < -0.4 is 0 Å². The molecule has 0 aromatic heterocycles. The molecule has 80 valence electrons. The van der Waals surface area contributed by atoms with E-state index in [4.69, 9.17) is 0 Å². The van der Waals surface area contributed by atoms with Gasteiger partial charge in [0.2, 0.25) is 0 Å². The zero-order valence-electron chi connectivity index (χ0n) is 8.99. The summed E-state index contributed by atoms with van der Waals surface area (Å²) in [5.41, 5.74) is 4.18. The minimum absolute atomic E-state index is 0.844. The Labute approximate surface area is 110 Å². The summed E-state index contributed by atoms with van der Waals surface area (Å²) < 4.78 is 1.42. The quantitative estimate of drug-likeness (QED) is 0.695. The summed E-state index contributed by atoms with van der Waals surface area (Å²) in [5, 5.41) is 0. The van der Waals surface area contributed by atoms with E-state index in [9.17, 15) is 0 Å². The van der Waals surface area contributed by atoms with Gasteiger partial charge in [0.05, 0.1) is 0 Å². The van der Waals surface area contributed by atoms with Crippen LogP contribution >= 0.6 is 22.6 Å². The van der Waals surface area contributed by atoms with Crippen molar-refractivity contribution in [1.29, 1.82) is 0 Å². The van der Waals surface area contributed by atoms with Crippen LogP contribution in [0.25, 0.3) is 11.1 Å². The van der Waals surface area contributed by atoms with Gasteiger partial charge in [-0.2, -0.15) is 0 Å². The van der Waals surface area contributed by atoms with Crippen molar-refractivity contribution >= 4 is 22.6 Å². The van der Waals surface area contributed by atoms with Crippen molar-refractivity contribution in [3.63, 3.8) is 0 Å². The zero-order chi connectivity index (χ0) is 11.0. The Bertz CT molecular complexity index is 498. The second kappa shape index (κ2) is 4.21. The summed E-state index contributed by atoms with van der Waals surface area (Å²) in [6.07, 6.45) is 2.75. The topological polar surface area (TPSA) is 0 Å². The van der Waals surface area contributed by atoms with E-state index < -0.39 is 0 Å². The molecule has 0 amide bonds. The smallest absolute Gasteiger partial charge is 0.0171 e. The van der Waals surface area contributed by atoms with Gasteiger partial charge < -0.3 is 0 Å². The van der Waals surface area contributed by atoms with Gasteiger partial charge in [-0.15, -0.1) is 0 Å². The predicted octanol–water partition coefficient (Wildman–Crippen LogP) is 4.84. The van der Waals surface area contributed by atoms with Crippen LogP contribution in [-0.4, -0.2) is 0 Å². The summed E-state index contributed by atoms with van der Waals surface area (Å²) in [4.78, 5) is 0. The van der Waals surface area contributed by atoms with Gasteiger partial charge in [-0.25, -0.2) is 0 Å². The Hall–Kier alpha value is -0.830. The fraction of sp³-hybridized carbons (Fsp3) is 0.200. The van der Waals surface area contributed by atoms with Gasteiger partial charge in [0.15, 0.2) is 0 Å². The third kappa shape index (κ3) is 2.01. The number of rotatable bonds is 2. The monoisotopic (exact) mass is 320 g/mol. The number of benzene rings is 2. The lowest BCUT2D eigenvalue weighted by molar-refractivity contribution is 1.12. The third-order valence-electron chi connectivity index (χ3n) is 3.12. The highest BCUT2D eigenvalue weighted by molar-refractivity contribution is 14.1. The third-order valence-corrected chi connectivity index (χ3v) is 4.06. The molecule has 0 heterocycles. The maximum Gasteiger partial charge on any atom is 0.0171 e. The minimum Gasteiger partial charge on any atom is -0.0622 e. The Morgan fingerprint density at radius 1 is 0.875 bits per heavy atom. The normalized spacial score (nSPS) is 15.1. The number of hydrogen-bond acceptors (Lipinski definition) is 0. The van der Waals surface area contributed by atoms with E-state index in [-0.39, 0.29) is 0 Å². The van der Waals surface area contributed by atoms with E-state index in [2.05, 4.69) is 71.1 Å². The second-order valence-electron chi connectivity index (χ2n) is 4.38. The molecule has 0 saturated heterocycles. The van der Waals surface area contributed by atoms with Crippen LogP contribution in [0.4, 0.5) is 0 Å². The molecule has 0 atom stereocenters. The maximum atomic E-state index is 2.47. The molecule has 0 unspecified atom stereocenters. The molecule has 0 radical (unpaired) electrons. The molecule has 0 aliphatic heterocycles. The fourth-order valence-electron chi connectivity index (χ4n) is 2.06. The van der Waals surface area contributed by atoms with E-state index in [0.29, 0.717) is 0 Å². The minimum atomic E-state index is 0.844. The molecule has 0 bridgehead atoms. The molecular weight excluding hydrogens is 307 g/mol. The lowest BCUT2D eigenvalue weighted by Crippen LogP contribution is -1.86. The largest absolute Gasteiger partial charge is 0.0622 e. The van der Waals surface area contributed by atoms with Crippen LogP contribution in [0.2, 0.25) is 0 Å². The van der Waals surface area contributed by atoms with Gasteiger partial charge in [-0.05, 0) is 64.1 Å². The SMILES string of the molecule is Ic1cc(-c2ccccc2)ccc1C1CC1. The van der Waals surface area contributed by atoms with Gasteiger partial charge in [-0.3, -0.25) is 0 Å². The van der Waals surface area contributed by atoms with E-state index in [1.807, 2.05) is 0 Å². The molecule has 0 spiro atoms. The summed E-state index contributed by atoms with van der Waals surface area (Å²) in [7, 11) is 0. The van der Waals surface area contributed by atoms with Crippen molar-refractivity contribution in [3.8, 4) is 11.1 Å². The van der Waals surface area contributed by atoms with E-state index in [1.54, 1.807) is 5.56 Å². The lowest BCUT2D eigenvalue weighted by Gasteiger charge is -2.06. The molecule has 16 heavy (non-hydrogen) atoms. The highest BCUT2D eigenvalue weighted by Gasteiger charge is 2.25. The van der Waals surface area contributed by atoms with Crippen molar-refractivity contribution in [2.24, 2.45) is 0 Å². The van der Waals surface area contributed by atoms with Gasteiger partial charge in [0.1, 0.15) is 0 Å². The van der Waals surface area contributed by atoms with Gasteiger partial charge in [-0.1, -0.05) is 42.5 Å². The zero-order valence-corrected chi connectivity index (χ0v) is 11.1. The first kappa shape index (κ1) is 10.3. The molecule has 0 nitrogen and oxygen atoms in total. The summed E-state index contributed by atoms with van der Waals surface area (Å²) in [6.45, 7) is 0. The highest BCUT2D eigenvalue weighted by atomic mass is 127. The molecule has 0 N–H and O–H groups in total. The molecule has 1 saturated carbocycles. The van der Waals surface area contributed by atoms with Gasteiger partial charge in [0.25, 0.3) is 0 Å². The van der Waals surface area contributed by atoms with Crippen LogP contribution in [0, 0.1) is 3.57 Å².